The Kier molecular flexibility index (Phi) is 8.20. The number of esters is 1. The molecule has 4 aromatic rings. The molecule has 0 unspecified atom stereocenters. The van der Waals surface area contributed by atoms with E-state index in [1.807, 2.05) is 35.0 Å². The zero-order valence-corrected chi connectivity index (χ0v) is 22.5. The second kappa shape index (κ2) is 11.4. The number of aromatic nitrogens is 1. The van der Waals surface area contributed by atoms with E-state index >= 15 is 0 Å². The van der Waals surface area contributed by atoms with Gasteiger partial charge in [0.2, 0.25) is 0 Å². The summed E-state index contributed by atoms with van der Waals surface area (Å²) in [5.41, 5.74) is 2.14. The van der Waals surface area contributed by atoms with Crippen molar-refractivity contribution in [2.75, 3.05) is 18.4 Å². The van der Waals surface area contributed by atoms with E-state index in [9.17, 15) is 18.3 Å². The Balaban J connectivity index is 1.38. The highest BCUT2D eigenvalue weighted by atomic mass is 32.2. The van der Waals surface area contributed by atoms with Crippen LogP contribution in [-0.2, 0) is 21.3 Å². The van der Waals surface area contributed by atoms with Gasteiger partial charge in [0.05, 0.1) is 23.7 Å². The van der Waals surface area contributed by atoms with Crippen LogP contribution in [0.2, 0.25) is 0 Å². The molecule has 0 bridgehead atoms. The minimum Gasteiger partial charge on any atom is -0.465 e. The fourth-order valence-corrected chi connectivity index (χ4v) is 5.38. The van der Waals surface area contributed by atoms with E-state index < -0.39 is 16.1 Å². The van der Waals surface area contributed by atoms with Crippen molar-refractivity contribution < 1.29 is 23.1 Å². The maximum absolute atomic E-state index is 12.7. The van der Waals surface area contributed by atoms with Crippen LogP contribution in [0.4, 0.5) is 5.69 Å². The first-order valence-electron chi connectivity index (χ1n) is 12.4. The van der Waals surface area contributed by atoms with Crippen molar-refractivity contribution in [3.8, 4) is 0 Å². The standard InChI is InChI=1S/C29H33N3O5S/c1-29(2,16-17-32-20-25(28(34)37-3)24-14-7-8-15-26(24)32)30-19-27(33)21-10-9-11-22(18-21)31-38(35,36)23-12-5-4-6-13-23/h4-15,18,20,27,30-31,33H,16-17,19H2,1-3H3/t27-/m0/s1. The van der Waals surface area contributed by atoms with E-state index in [0.29, 0.717) is 23.4 Å². The molecule has 38 heavy (non-hydrogen) atoms. The maximum Gasteiger partial charge on any atom is 0.340 e. The first kappa shape index (κ1) is 27.4. The van der Waals surface area contributed by atoms with E-state index in [4.69, 9.17) is 4.74 Å². The van der Waals surface area contributed by atoms with Crippen molar-refractivity contribution >= 4 is 32.6 Å². The van der Waals surface area contributed by atoms with Gasteiger partial charge in [0.15, 0.2) is 0 Å². The number of carbonyl (C=O) groups is 1. The molecule has 4 rings (SSSR count). The molecule has 9 heteroatoms. The summed E-state index contributed by atoms with van der Waals surface area (Å²) in [5.74, 6) is -0.367. The monoisotopic (exact) mass is 535 g/mol. The SMILES string of the molecule is COC(=O)c1cn(CCC(C)(C)NC[C@H](O)c2cccc(NS(=O)(=O)c3ccccc3)c2)c2ccccc12. The van der Waals surface area contributed by atoms with Crippen LogP contribution in [0, 0.1) is 0 Å². The Labute approximate surface area is 223 Å². The molecule has 1 atom stereocenters. The Morgan fingerprint density at radius 1 is 1.03 bits per heavy atom. The largest absolute Gasteiger partial charge is 0.465 e. The van der Waals surface area contributed by atoms with Gasteiger partial charge in [-0.1, -0.05) is 48.5 Å². The summed E-state index contributed by atoms with van der Waals surface area (Å²) in [4.78, 5) is 12.4. The topological polar surface area (TPSA) is 110 Å². The highest BCUT2D eigenvalue weighted by Crippen LogP contribution is 2.25. The summed E-state index contributed by atoms with van der Waals surface area (Å²) in [5, 5.41) is 15.1. The number of aryl methyl sites for hydroxylation is 1. The van der Waals surface area contributed by atoms with Gasteiger partial charge in [0, 0.05) is 41.4 Å². The molecular weight excluding hydrogens is 502 g/mol. The average molecular weight is 536 g/mol. The lowest BCUT2D eigenvalue weighted by Gasteiger charge is -2.28. The van der Waals surface area contributed by atoms with Gasteiger partial charge < -0.3 is 19.7 Å². The summed E-state index contributed by atoms with van der Waals surface area (Å²) in [6, 6.07) is 22.6. The molecule has 0 saturated carbocycles. The number of anilines is 1. The number of β-amino-alcohol motifs (C(OH)–C–C–N with tert-alkyl or cyclic N) is 1. The third-order valence-electron chi connectivity index (χ3n) is 6.52. The van der Waals surface area contributed by atoms with Crippen molar-refractivity contribution in [3.63, 3.8) is 0 Å². The molecule has 1 heterocycles. The molecule has 0 aliphatic carbocycles. The highest BCUT2D eigenvalue weighted by Gasteiger charge is 2.22. The van der Waals surface area contributed by atoms with Crippen LogP contribution in [0.15, 0.2) is 90.0 Å². The number of methoxy groups -OCH3 is 1. The number of carbonyl (C=O) groups excluding carboxylic acids is 1. The number of nitrogens with zero attached hydrogens (tertiary/aromatic N) is 1. The number of ether oxygens (including phenoxy) is 1. The number of para-hydroxylation sites is 1. The molecule has 1 aromatic heterocycles. The first-order chi connectivity index (χ1) is 18.1. The Morgan fingerprint density at radius 2 is 1.74 bits per heavy atom. The fourth-order valence-electron chi connectivity index (χ4n) is 4.31. The normalized spacial score (nSPS) is 12.8. The predicted molar refractivity (Wildman–Crippen MR) is 149 cm³/mol. The third kappa shape index (κ3) is 6.42. The lowest BCUT2D eigenvalue weighted by atomic mass is 9.99. The van der Waals surface area contributed by atoms with E-state index in [-0.39, 0.29) is 22.9 Å². The number of benzene rings is 3. The summed E-state index contributed by atoms with van der Waals surface area (Å²) < 4.78 is 34.9. The van der Waals surface area contributed by atoms with Crippen LogP contribution >= 0.6 is 0 Å². The minimum atomic E-state index is -3.72. The molecule has 0 spiro atoms. The van der Waals surface area contributed by atoms with Crippen LogP contribution in [-0.4, -0.2) is 43.3 Å². The van der Waals surface area contributed by atoms with Crippen molar-refractivity contribution in [3.05, 3.63) is 96.2 Å². The molecule has 0 amide bonds. The van der Waals surface area contributed by atoms with Crippen LogP contribution < -0.4 is 10.0 Å². The van der Waals surface area contributed by atoms with Crippen LogP contribution in [0.25, 0.3) is 10.9 Å². The maximum atomic E-state index is 12.7. The van der Waals surface area contributed by atoms with E-state index in [1.54, 1.807) is 42.5 Å². The molecule has 200 valence electrons. The molecule has 3 N–H and O–H groups in total. The number of sulfonamides is 1. The van der Waals surface area contributed by atoms with E-state index in [2.05, 4.69) is 23.9 Å². The second-order valence-electron chi connectivity index (χ2n) is 9.82. The van der Waals surface area contributed by atoms with Crippen LogP contribution in [0.1, 0.15) is 42.3 Å². The number of hydrogen-bond acceptors (Lipinski definition) is 6. The number of aliphatic hydroxyl groups excluding tert-OH is 1. The quantitative estimate of drug-likeness (QED) is 0.240. The molecule has 0 fully saturated rings. The van der Waals surface area contributed by atoms with Gasteiger partial charge in [0.25, 0.3) is 10.0 Å². The lowest BCUT2D eigenvalue weighted by Crippen LogP contribution is -2.42. The Morgan fingerprint density at radius 3 is 2.47 bits per heavy atom. The molecular formula is C29H33N3O5S. The van der Waals surface area contributed by atoms with Crippen LogP contribution in [0.5, 0.6) is 0 Å². The van der Waals surface area contributed by atoms with Crippen molar-refractivity contribution in [2.45, 2.75) is 43.4 Å². The fraction of sp³-hybridized carbons (Fsp3) is 0.276. The molecule has 0 radical (unpaired) electrons. The number of aliphatic hydroxyl groups is 1. The van der Waals surface area contributed by atoms with Gasteiger partial charge in [-0.2, -0.15) is 0 Å². The number of nitrogens with one attached hydrogen (secondary N) is 2. The third-order valence-corrected chi connectivity index (χ3v) is 7.92. The Hall–Kier alpha value is -3.66. The highest BCUT2D eigenvalue weighted by molar-refractivity contribution is 7.92. The molecule has 0 saturated heterocycles. The molecule has 0 aliphatic rings. The number of fused-ring (bicyclic) bond motifs is 1. The first-order valence-corrected chi connectivity index (χ1v) is 13.8. The van der Waals surface area contributed by atoms with Gasteiger partial charge in [0.1, 0.15) is 0 Å². The molecule has 3 aromatic carbocycles. The van der Waals surface area contributed by atoms with Gasteiger partial charge in [-0.05, 0) is 56.2 Å². The lowest BCUT2D eigenvalue weighted by molar-refractivity contribution is 0.0602. The number of rotatable bonds is 11. The molecule has 8 nitrogen and oxygen atoms in total. The summed E-state index contributed by atoms with van der Waals surface area (Å²) in [7, 11) is -2.35. The average Bonchev–Trinajstić information content (AvgIpc) is 3.29. The van der Waals surface area contributed by atoms with Gasteiger partial charge in [-0.15, -0.1) is 0 Å². The van der Waals surface area contributed by atoms with Crippen LogP contribution in [0.3, 0.4) is 0 Å². The summed E-state index contributed by atoms with van der Waals surface area (Å²) >= 11 is 0. The van der Waals surface area contributed by atoms with Gasteiger partial charge in [-0.3, -0.25) is 4.72 Å². The Bertz CT molecular complexity index is 1510. The van der Waals surface area contributed by atoms with Crippen molar-refractivity contribution in [1.29, 1.82) is 0 Å². The second-order valence-corrected chi connectivity index (χ2v) is 11.5. The molecule has 0 aliphatic heterocycles. The summed E-state index contributed by atoms with van der Waals surface area (Å²) in [6.45, 7) is 5.04. The minimum absolute atomic E-state index is 0.170. The van der Waals surface area contributed by atoms with Crippen molar-refractivity contribution in [2.24, 2.45) is 0 Å². The van der Waals surface area contributed by atoms with E-state index in [0.717, 1.165) is 17.3 Å². The van der Waals surface area contributed by atoms with Crippen molar-refractivity contribution in [1.82, 2.24) is 9.88 Å². The smallest absolute Gasteiger partial charge is 0.340 e. The van der Waals surface area contributed by atoms with Gasteiger partial charge in [-0.25, -0.2) is 13.2 Å². The zero-order valence-electron chi connectivity index (χ0n) is 21.7. The van der Waals surface area contributed by atoms with E-state index in [1.165, 1.54) is 19.2 Å². The zero-order chi connectivity index (χ0) is 27.3. The number of hydrogen-bond donors (Lipinski definition) is 3. The van der Waals surface area contributed by atoms with Gasteiger partial charge >= 0.3 is 5.97 Å². The predicted octanol–water partition coefficient (Wildman–Crippen LogP) is 4.72. The summed E-state index contributed by atoms with van der Waals surface area (Å²) in [6.07, 6.45) is 1.72.